The van der Waals surface area contributed by atoms with Crippen LogP contribution in [0.5, 0.6) is 0 Å². The predicted octanol–water partition coefficient (Wildman–Crippen LogP) is 2.51. The number of fused-ring (bicyclic) bond motifs is 1. The first-order valence-corrected chi connectivity index (χ1v) is 7.63. The molecule has 1 aromatic rings. The Labute approximate surface area is 112 Å². The number of hydrogen-bond acceptors (Lipinski definition) is 3. The first-order valence-electron chi connectivity index (χ1n) is 6.48. The van der Waals surface area contributed by atoms with E-state index < -0.39 is 0 Å². The van der Waals surface area contributed by atoms with Gasteiger partial charge in [0.2, 0.25) is 5.91 Å². The number of carbonyl (C=O) groups excluding carboxylic acids is 1. The molecule has 2 aliphatic heterocycles. The van der Waals surface area contributed by atoms with Crippen molar-refractivity contribution in [2.45, 2.75) is 25.3 Å². The van der Waals surface area contributed by atoms with Crippen LogP contribution < -0.4 is 10.2 Å². The second-order valence-electron chi connectivity index (χ2n) is 5.00. The molecule has 0 saturated carbocycles. The smallest absolute Gasteiger partial charge is 0.227 e. The van der Waals surface area contributed by atoms with E-state index in [-0.39, 0.29) is 5.91 Å². The molecule has 3 nitrogen and oxygen atoms in total. The number of benzene rings is 1. The number of anilines is 2. The van der Waals surface area contributed by atoms with Crippen LogP contribution in [-0.4, -0.2) is 30.5 Å². The van der Waals surface area contributed by atoms with E-state index in [1.807, 2.05) is 18.8 Å². The third-order valence-electron chi connectivity index (χ3n) is 3.72. The minimum Gasteiger partial charge on any atom is -0.381 e. The van der Waals surface area contributed by atoms with Crippen molar-refractivity contribution < 1.29 is 4.79 Å². The molecule has 0 aliphatic carbocycles. The fourth-order valence-corrected chi connectivity index (χ4v) is 3.78. The van der Waals surface area contributed by atoms with Gasteiger partial charge in [0, 0.05) is 36.6 Å². The molecule has 3 rings (SSSR count). The lowest BCUT2D eigenvalue weighted by atomic mass is 10.0. The molecule has 1 saturated heterocycles. The minimum absolute atomic E-state index is 0.218. The molecule has 0 aromatic heterocycles. The van der Waals surface area contributed by atoms with E-state index in [1.54, 1.807) is 4.90 Å². The van der Waals surface area contributed by atoms with Crippen LogP contribution in [-0.2, 0) is 11.2 Å². The highest BCUT2D eigenvalue weighted by atomic mass is 32.2. The van der Waals surface area contributed by atoms with Crippen LogP contribution in [0, 0.1) is 0 Å². The van der Waals surface area contributed by atoms with E-state index in [0.29, 0.717) is 12.5 Å². The van der Waals surface area contributed by atoms with Crippen molar-refractivity contribution in [2.75, 3.05) is 28.8 Å². The summed E-state index contributed by atoms with van der Waals surface area (Å²) in [6.07, 6.45) is 2.75. The van der Waals surface area contributed by atoms with Crippen LogP contribution in [0.15, 0.2) is 18.2 Å². The second-order valence-corrected chi connectivity index (χ2v) is 6.15. The largest absolute Gasteiger partial charge is 0.381 e. The zero-order chi connectivity index (χ0) is 12.5. The van der Waals surface area contributed by atoms with E-state index in [4.69, 9.17) is 0 Å². The lowest BCUT2D eigenvalue weighted by Gasteiger charge is -2.26. The molecule has 1 aromatic carbocycles. The van der Waals surface area contributed by atoms with Gasteiger partial charge in [0.15, 0.2) is 0 Å². The number of nitrogens with one attached hydrogen (secondary N) is 1. The summed E-state index contributed by atoms with van der Waals surface area (Å²) in [6.45, 7) is 0. The number of amides is 1. The van der Waals surface area contributed by atoms with Gasteiger partial charge in [-0.2, -0.15) is 11.8 Å². The van der Waals surface area contributed by atoms with Crippen LogP contribution in [0.4, 0.5) is 11.4 Å². The number of thioether (sulfide) groups is 1. The van der Waals surface area contributed by atoms with Gasteiger partial charge in [-0.3, -0.25) is 4.79 Å². The number of rotatable bonds is 2. The van der Waals surface area contributed by atoms with Crippen LogP contribution in [0.2, 0.25) is 0 Å². The van der Waals surface area contributed by atoms with Crippen LogP contribution in [0.3, 0.4) is 0 Å². The molecule has 1 amide bonds. The first kappa shape index (κ1) is 11.9. The molecular weight excluding hydrogens is 244 g/mol. The topological polar surface area (TPSA) is 32.3 Å². The van der Waals surface area contributed by atoms with Gasteiger partial charge in [-0.15, -0.1) is 0 Å². The van der Waals surface area contributed by atoms with Gasteiger partial charge < -0.3 is 10.2 Å². The van der Waals surface area contributed by atoms with E-state index in [1.165, 1.54) is 29.2 Å². The van der Waals surface area contributed by atoms with Crippen molar-refractivity contribution in [1.82, 2.24) is 0 Å². The third-order valence-corrected chi connectivity index (χ3v) is 4.89. The lowest BCUT2D eigenvalue weighted by Crippen LogP contribution is -2.31. The van der Waals surface area contributed by atoms with E-state index in [9.17, 15) is 4.79 Å². The number of carbonyl (C=O) groups is 1. The molecule has 1 N–H and O–H groups in total. The van der Waals surface area contributed by atoms with Crippen molar-refractivity contribution >= 4 is 29.0 Å². The molecule has 96 valence electrons. The average molecular weight is 262 g/mol. The Morgan fingerprint density at radius 2 is 2.28 bits per heavy atom. The maximum absolute atomic E-state index is 11.6. The maximum atomic E-state index is 11.6. The number of hydrogen-bond donors (Lipinski definition) is 1. The monoisotopic (exact) mass is 262 g/mol. The zero-order valence-electron chi connectivity index (χ0n) is 10.6. The fraction of sp³-hybridized carbons (Fsp3) is 0.500. The Balaban J connectivity index is 1.80. The van der Waals surface area contributed by atoms with E-state index >= 15 is 0 Å². The molecule has 0 spiro atoms. The fourth-order valence-electron chi connectivity index (χ4n) is 2.63. The van der Waals surface area contributed by atoms with Gasteiger partial charge in [0.05, 0.1) is 0 Å². The Morgan fingerprint density at radius 1 is 1.39 bits per heavy atom. The Bertz CT molecular complexity index is 469. The van der Waals surface area contributed by atoms with Crippen LogP contribution >= 0.6 is 11.8 Å². The molecule has 0 radical (unpaired) electrons. The quantitative estimate of drug-likeness (QED) is 0.889. The molecular formula is C14H18N2OS. The summed E-state index contributed by atoms with van der Waals surface area (Å²) < 4.78 is 0. The lowest BCUT2D eigenvalue weighted by molar-refractivity contribution is -0.118. The number of nitrogens with zero attached hydrogens (tertiary/aromatic N) is 1. The summed E-state index contributed by atoms with van der Waals surface area (Å²) in [5, 5.41) is 3.59. The third kappa shape index (κ3) is 2.21. The maximum Gasteiger partial charge on any atom is 0.227 e. The summed E-state index contributed by atoms with van der Waals surface area (Å²) in [5.41, 5.74) is 3.55. The van der Waals surface area contributed by atoms with Crippen molar-refractivity contribution in [3.05, 3.63) is 23.8 Å². The average Bonchev–Trinajstić information content (AvgIpc) is 2.87. The van der Waals surface area contributed by atoms with Crippen molar-refractivity contribution in [1.29, 1.82) is 0 Å². The molecule has 2 heterocycles. The van der Waals surface area contributed by atoms with E-state index in [0.717, 1.165) is 12.1 Å². The number of aryl methyl sites for hydroxylation is 1. The van der Waals surface area contributed by atoms with Crippen molar-refractivity contribution in [2.24, 2.45) is 0 Å². The highest BCUT2D eigenvalue weighted by Crippen LogP contribution is 2.30. The SMILES string of the molecule is CN1C(=O)CCc2cc(NC3CCSC3)ccc21. The highest BCUT2D eigenvalue weighted by Gasteiger charge is 2.21. The molecule has 0 bridgehead atoms. The summed E-state index contributed by atoms with van der Waals surface area (Å²) in [5.74, 6) is 2.69. The molecule has 4 heteroatoms. The molecule has 1 fully saturated rings. The Kier molecular flexibility index (Phi) is 3.20. The standard InChI is InChI=1S/C14H18N2OS/c1-16-13-4-3-11(15-12-6-7-18-9-12)8-10(13)2-5-14(16)17/h3-4,8,12,15H,2,5-7,9H2,1H3. The molecule has 1 unspecified atom stereocenters. The Hall–Kier alpha value is -1.16. The highest BCUT2D eigenvalue weighted by molar-refractivity contribution is 7.99. The normalized spacial score (nSPS) is 23.1. The van der Waals surface area contributed by atoms with Gasteiger partial charge in [-0.05, 0) is 42.4 Å². The molecule has 2 aliphatic rings. The van der Waals surface area contributed by atoms with Crippen LogP contribution in [0.1, 0.15) is 18.4 Å². The summed E-state index contributed by atoms with van der Waals surface area (Å²) in [4.78, 5) is 13.4. The zero-order valence-corrected chi connectivity index (χ0v) is 11.4. The molecule has 1 atom stereocenters. The van der Waals surface area contributed by atoms with Crippen molar-refractivity contribution in [3.63, 3.8) is 0 Å². The van der Waals surface area contributed by atoms with Crippen LogP contribution in [0.25, 0.3) is 0 Å². The minimum atomic E-state index is 0.218. The Morgan fingerprint density at radius 3 is 3.06 bits per heavy atom. The van der Waals surface area contributed by atoms with Gasteiger partial charge in [0.1, 0.15) is 0 Å². The van der Waals surface area contributed by atoms with Crippen molar-refractivity contribution in [3.8, 4) is 0 Å². The van der Waals surface area contributed by atoms with Gasteiger partial charge >= 0.3 is 0 Å². The van der Waals surface area contributed by atoms with Gasteiger partial charge in [-0.25, -0.2) is 0 Å². The molecule has 18 heavy (non-hydrogen) atoms. The predicted molar refractivity (Wildman–Crippen MR) is 77.5 cm³/mol. The summed E-state index contributed by atoms with van der Waals surface area (Å²) in [6, 6.07) is 6.98. The van der Waals surface area contributed by atoms with Gasteiger partial charge in [-0.1, -0.05) is 0 Å². The second kappa shape index (κ2) is 4.84. The van der Waals surface area contributed by atoms with E-state index in [2.05, 4.69) is 23.5 Å². The van der Waals surface area contributed by atoms with Gasteiger partial charge in [0.25, 0.3) is 0 Å². The summed E-state index contributed by atoms with van der Waals surface area (Å²) >= 11 is 2.02. The first-order chi connectivity index (χ1) is 8.74. The summed E-state index contributed by atoms with van der Waals surface area (Å²) in [7, 11) is 1.86.